The molecule has 0 heterocycles. The van der Waals surface area contributed by atoms with Crippen LogP contribution in [0.4, 0.5) is 0 Å². The predicted octanol–water partition coefficient (Wildman–Crippen LogP) is 5.10. The predicted molar refractivity (Wildman–Crippen MR) is 110 cm³/mol. The van der Waals surface area contributed by atoms with Crippen molar-refractivity contribution in [1.82, 2.24) is 10.4 Å². The Morgan fingerprint density at radius 3 is 1.96 bits per heavy atom. The molecule has 0 fully saturated rings. The molecule has 2 aromatic carbocycles. The molecule has 2 aromatic rings. The van der Waals surface area contributed by atoms with Crippen LogP contribution in [0.3, 0.4) is 0 Å². The third-order valence-corrected chi connectivity index (χ3v) is 4.99. The van der Waals surface area contributed by atoms with Crippen LogP contribution in [0.25, 0.3) is 0 Å². The smallest absolute Gasteiger partial charge is 0.267 e. The van der Waals surface area contributed by atoms with Gasteiger partial charge in [0.1, 0.15) is 0 Å². The first-order chi connectivity index (χ1) is 12.5. The lowest BCUT2D eigenvalue weighted by atomic mass is 10.0. The topological polar surface area (TPSA) is 49.4 Å². The number of carbonyl (C=O) groups excluding carboxylic acids is 2. The molecule has 0 aliphatic carbocycles. The van der Waals surface area contributed by atoms with Crippen LogP contribution in [0.2, 0.25) is 5.02 Å². The van der Waals surface area contributed by atoms with E-state index in [1.54, 1.807) is 24.3 Å². The fourth-order valence-electron chi connectivity index (χ4n) is 2.78. The fourth-order valence-corrected chi connectivity index (χ4v) is 2.89. The van der Waals surface area contributed by atoms with Crippen LogP contribution < -0.4 is 5.43 Å². The first kappa shape index (κ1) is 21.0. The van der Waals surface area contributed by atoms with Gasteiger partial charge in [-0.05, 0) is 82.0 Å². The number of hydrogen-bond donors (Lipinski definition) is 1. The van der Waals surface area contributed by atoms with Gasteiger partial charge in [-0.3, -0.25) is 15.0 Å². The summed E-state index contributed by atoms with van der Waals surface area (Å²) in [6.45, 7) is 11.4. The highest BCUT2D eigenvalue weighted by molar-refractivity contribution is 6.32. The summed E-state index contributed by atoms with van der Waals surface area (Å²) < 4.78 is 0. The quantitative estimate of drug-likeness (QED) is 0.745. The van der Waals surface area contributed by atoms with Gasteiger partial charge in [0.05, 0.1) is 5.54 Å². The van der Waals surface area contributed by atoms with Gasteiger partial charge < -0.3 is 0 Å². The summed E-state index contributed by atoms with van der Waals surface area (Å²) in [5.74, 6) is -0.591. The van der Waals surface area contributed by atoms with Gasteiger partial charge in [0, 0.05) is 16.1 Å². The first-order valence-corrected chi connectivity index (χ1v) is 9.43. The van der Waals surface area contributed by atoms with Crippen molar-refractivity contribution in [3.8, 4) is 0 Å². The van der Waals surface area contributed by atoms with Crippen molar-refractivity contribution in [2.24, 2.45) is 0 Å². The maximum absolute atomic E-state index is 13.0. The Labute approximate surface area is 166 Å². The molecule has 0 aliphatic heterocycles. The second kappa shape index (κ2) is 8.13. The van der Waals surface area contributed by atoms with Gasteiger partial charge in [-0.1, -0.05) is 30.7 Å². The minimum Gasteiger partial charge on any atom is -0.267 e. The maximum Gasteiger partial charge on any atom is 0.272 e. The van der Waals surface area contributed by atoms with E-state index in [0.717, 1.165) is 23.1 Å². The molecule has 0 bridgehead atoms. The molecule has 0 atom stereocenters. The zero-order valence-corrected chi connectivity index (χ0v) is 17.6. The van der Waals surface area contributed by atoms with Crippen molar-refractivity contribution in [3.05, 3.63) is 69.2 Å². The lowest BCUT2D eigenvalue weighted by molar-refractivity contribution is 0.0358. The van der Waals surface area contributed by atoms with E-state index in [1.165, 1.54) is 5.01 Å². The lowest BCUT2D eigenvalue weighted by Gasteiger charge is -2.35. The summed E-state index contributed by atoms with van der Waals surface area (Å²) in [7, 11) is 0. The van der Waals surface area contributed by atoms with E-state index in [9.17, 15) is 9.59 Å². The minimum atomic E-state index is -0.591. The fraction of sp³-hybridized carbons (Fsp3) is 0.364. The Hall–Kier alpha value is -2.33. The number of nitrogens with one attached hydrogen (secondary N) is 1. The molecule has 5 heteroatoms. The molecular formula is C22H27ClN2O2. The van der Waals surface area contributed by atoms with Crippen LogP contribution in [0.1, 0.15) is 65.1 Å². The zero-order chi connectivity index (χ0) is 20.4. The van der Waals surface area contributed by atoms with Gasteiger partial charge in [0.15, 0.2) is 0 Å². The number of hydrogen-bond acceptors (Lipinski definition) is 2. The number of aryl methyl sites for hydroxylation is 3. The van der Waals surface area contributed by atoms with Crippen LogP contribution in [0.5, 0.6) is 0 Å². The Kier molecular flexibility index (Phi) is 6.32. The number of hydrazine groups is 1. The Morgan fingerprint density at radius 2 is 1.52 bits per heavy atom. The highest BCUT2D eigenvalue weighted by atomic mass is 35.5. The SMILES string of the molecule is CCc1ccc(C(=O)N(NC(=O)c2cc(C)c(Cl)c(C)c2)C(C)(C)C)cc1. The summed E-state index contributed by atoms with van der Waals surface area (Å²) in [4.78, 5) is 25.8. The van der Waals surface area contributed by atoms with Crippen molar-refractivity contribution in [2.45, 2.75) is 53.5 Å². The summed E-state index contributed by atoms with van der Waals surface area (Å²) in [5, 5.41) is 2.03. The van der Waals surface area contributed by atoms with E-state index in [1.807, 2.05) is 46.8 Å². The van der Waals surface area contributed by atoms with Crippen LogP contribution in [0.15, 0.2) is 36.4 Å². The van der Waals surface area contributed by atoms with Gasteiger partial charge in [0.2, 0.25) is 0 Å². The zero-order valence-electron chi connectivity index (χ0n) is 16.8. The number of carbonyl (C=O) groups is 2. The molecule has 0 saturated heterocycles. The number of rotatable bonds is 3. The van der Waals surface area contributed by atoms with E-state index in [2.05, 4.69) is 12.3 Å². The molecular weight excluding hydrogens is 360 g/mol. The maximum atomic E-state index is 13.0. The van der Waals surface area contributed by atoms with Crippen molar-refractivity contribution >= 4 is 23.4 Å². The van der Waals surface area contributed by atoms with Crippen LogP contribution in [-0.4, -0.2) is 22.4 Å². The summed E-state index contributed by atoms with van der Waals surface area (Å²) in [6.07, 6.45) is 0.906. The molecule has 0 unspecified atom stereocenters. The summed E-state index contributed by atoms with van der Waals surface area (Å²) in [5.41, 5.74) is 6.00. The number of halogens is 1. The van der Waals surface area contributed by atoms with E-state index in [0.29, 0.717) is 16.1 Å². The normalized spacial score (nSPS) is 11.2. The molecule has 2 amide bonds. The third kappa shape index (κ3) is 4.89. The first-order valence-electron chi connectivity index (χ1n) is 9.05. The second-order valence-corrected chi connectivity index (χ2v) is 8.10. The van der Waals surface area contributed by atoms with Crippen molar-refractivity contribution < 1.29 is 9.59 Å². The number of benzene rings is 2. The van der Waals surface area contributed by atoms with E-state index in [-0.39, 0.29) is 11.8 Å². The second-order valence-electron chi connectivity index (χ2n) is 7.73. The van der Waals surface area contributed by atoms with Crippen molar-refractivity contribution in [2.75, 3.05) is 0 Å². The van der Waals surface area contributed by atoms with Gasteiger partial charge in [-0.15, -0.1) is 0 Å². The van der Waals surface area contributed by atoms with Gasteiger partial charge >= 0.3 is 0 Å². The average molecular weight is 387 g/mol. The van der Waals surface area contributed by atoms with E-state index < -0.39 is 5.54 Å². The molecule has 0 aliphatic rings. The molecule has 0 aromatic heterocycles. The van der Waals surface area contributed by atoms with Gasteiger partial charge in [-0.25, -0.2) is 5.01 Å². The highest BCUT2D eigenvalue weighted by Crippen LogP contribution is 2.22. The number of amides is 2. The average Bonchev–Trinajstić information content (AvgIpc) is 2.62. The monoisotopic (exact) mass is 386 g/mol. The van der Waals surface area contributed by atoms with E-state index >= 15 is 0 Å². The minimum absolute atomic E-state index is 0.249. The van der Waals surface area contributed by atoms with Gasteiger partial charge in [-0.2, -0.15) is 0 Å². The molecule has 0 saturated carbocycles. The molecule has 1 N–H and O–H groups in total. The summed E-state index contributed by atoms with van der Waals surface area (Å²) >= 11 is 6.19. The van der Waals surface area contributed by atoms with Gasteiger partial charge in [0.25, 0.3) is 11.8 Å². The molecule has 0 radical (unpaired) electrons. The summed E-state index contributed by atoms with van der Waals surface area (Å²) in [6, 6.07) is 10.9. The standard InChI is InChI=1S/C22H27ClN2O2/c1-7-16-8-10-17(11-9-16)21(27)25(22(4,5)6)24-20(26)18-12-14(2)19(23)15(3)13-18/h8-13H,7H2,1-6H3,(H,24,26). The molecule has 2 rings (SSSR count). The van der Waals surface area contributed by atoms with Crippen LogP contribution >= 0.6 is 11.6 Å². The highest BCUT2D eigenvalue weighted by Gasteiger charge is 2.29. The van der Waals surface area contributed by atoms with E-state index in [4.69, 9.17) is 11.6 Å². The molecule has 144 valence electrons. The molecule has 0 spiro atoms. The van der Waals surface area contributed by atoms with Crippen LogP contribution in [-0.2, 0) is 6.42 Å². The third-order valence-electron chi connectivity index (χ3n) is 4.40. The number of nitrogens with zero attached hydrogens (tertiary/aromatic N) is 1. The Morgan fingerprint density at radius 1 is 1.00 bits per heavy atom. The molecule has 4 nitrogen and oxygen atoms in total. The van der Waals surface area contributed by atoms with Crippen molar-refractivity contribution in [3.63, 3.8) is 0 Å². The lowest BCUT2D eigenvalue weighted by Crippen LogP contribution is -2.55. The molecule has 27 heavy (non-hydrogen) atoms. The van der Waals surface area contributed by atoms with Crippen molar-refractivity contribution in [1.29, 1.82) is 0 Å². The Balaban J connectivity index is 2.31. The van der Waals surface area contributed by atoms with Crippen LogP contribution in [0, 0.1) is 13.8 Å². The Bertz CT molecular complexity index is 829. The largest absolute Gasteiger partial charge is 0.272 e.